The van der Waals surface area contributed by atoms with Crippen molar-refractivity contribution in [3.8, 4) is 17.2 Å². The summed E-state index contributed by atoms with van der Waals surface area (Å²) in [6.07, 6.45) is 1.55. The van der Waals surface area contributed by atoms with E-state index in [-0.39, 0.29) is 10.7 Å². The number of nitrogens with zero attached hydrogens (tertiary/aromatic N) is 1. The van der Waals surface area contributed by atoms with Gasteiger partial charge in [0.1, 0.15) is 22.8 Å². The van der Waals surface area contributed by atoms with Gasteiger partial charge in [-0.2, -0.15) is 0 Å². The summed E-state index contributed by atoms with van der Waals surface area (Å²) in [5.41, 5.74) is 2.12. The van der Waals surface area contributed by atoms with Gasteiger partial charge < -0.3 is 9.47 Å². The number of para-hydroxylation sites is 1. The molecule has 32 heavy (non-hydrogen) atoms. The Kier molecular flexibility index (Phi) is 6.00. The van der Waals surface area contributed by atoms with Gasteiger partial charge in [-0.15, -0.1) is 0 Å². The second kappa shape index (κ2) is 9.03. The Hall–Kier alpha value is -3.97. The fourth-order valence-electron chi connectivity index (χ4n) is 3.34. The van der Waals surface area contributed by atoms with Crippen LogP contribution >= 0.6 is 12.2 Å². The van der Waals surface area contributed by atoms with Crippen LogP contribution in [0.3, 0.4) is 0 Å². The number of methoxy groups -OCH3 is 1. The fourth-order valence-corrected chi connectivity index (χ4v) is 3.62. The molecule has 1 fully saturated rings. The van der Waals surface area contributed by atoms with E-state index in [9.17, 15) is 9.59 Å². The predicted molar refractivity (Wildman–Crippen MR) is 127 cm³/mol. The van der Waals surface area contributed by atoms with Crippen LogP contribution in [0.15, 0.2) is 78.4 Å². The summed E-state index contributed by atoms with van der Waals surface area (Å²) in [4.78, 5) is 27.0. The lowest BCUT2D eigenvalue weighted by molar-refractivity contribution is -0.122. The lowest BCUT2D eigenvalue weighted by Gasteiger charge is -2.29. The minimum Gasteiger partial charge on any atom is -0.496 e. The first kappa shape index (κ1) is 21.3. The van der Waals surface area contributed by atoms with Gasteiger partial charge in [0, 0.05) is 0 Å². The highest BCUT2D eigenvalue weighted by molar-refractivity contribution is 7.80. The van der Waals surface area contributed by atoms with E-state index in [1.165, 1.54) is 4.90 Å². The molecule has 7 heteroatoms. The molecule has 3 aromatic rings. The largest absolute Gasteiger partial charge is 0.496 e. The maximum absolute atomic E-state index is 13.2. The average molecular weight is 445 g/mol. The Labute approximate surface area is 191 Å². The molecular weight excluding hydrogens is 424 g/mol. The second-order valence-electron chi connectivity index (χ2n) is 7.10. The third-order valence-electron chi connectivity index (χ3n) is 4.91. The van der Waals surface area contributed by atoms with Crippen molar-refractivity contribution in [1.82, 2.24) is 5.32 Å². The van der Waals surface area contributed by atoms with Gasteiger partial charge in [-0.3, -0.25) is 19.8 Å². The summed E-state index contributed by atoms with van der Waals surface area (Å²) >= 11 is 5.27. The van der Waals surface area contributed by atoms with Crippen molar-refractivity contribution < 1.29 is 19.1 Å². The van der Waals surface area contributed by atoms with Gasteiger partial charge in [0.15, 0.2) is 5.11 Å². The first-order chi connectivity index (χ1) is 15.5. The molecular formula is C25H20N2O4S. The number of nitrogens with one attached hydrogen (secondary N) is 1. The van der Waals surface area contributed by atoms with Gasteiger partial charge >= 0.3 is 0 Å². The van der Waals surface area contributed by atoms with E-state index in [0.717, 1.165) is 11.3 Å². The van der Waals surface area contributed by atoms with Crippen molar-refractivity contribution >= 4 is 40.9 Å². The molecule has 1 saturated heterocycles. The molecule has 6 nitrogen and oxygen atoms in total. The second-order valence-corrected chi connectivity index (χ2v) is 7.48. The number of hydrogen-bond acceptors (Lipinski definition) is 5. The van der Waals surface area contributed by atoms with Gasteiger partial charge in [-0.05, 0) is 84.9 Å². The van der Waals surface area contributed by atoms with Gasteiger partial charge in [-0.25, -0.2) is 0 Å². The zero-order valence-corrected chi connectivity index (χ0v) is 18.3. The summed E-state index contributed by atoms with van der Waals surface area (Å²) in [6, 6.07) is 21.7. The Bertz CT molecular complexity index is 1220. The summed E-state index contributed by atoms with van der Waals surface area (Å²) < 4.78 is 11.1. The number of benzene rings is 3. The zero-order valence-electron chi connectivity index (χ0n) is 17.5. The standard InChI is InChI=1S/C25H20N2O4S/c1-16-14-17(8-13-22(16)30-2)15-21-23(28)26-25(32)27(24(21)29)18-9-11-20(12-10-18)31-19-6-4-3-5-7-19/h3-15H,1-2H3,(H,26,28,32). The summed E-state index contributed by atoms with van der Waals surface area (Å²) in [6.45, 7) is 1.89. The number of carbonyl (C=O) groups is 2. The number of aryl methyl sites for hydroxylation is 1. The van der Waals surface area contributed by atoms with Gasteiger partial charge in [0.05, 0.1) is 12.8 Å². The maximum Gasteiger partial charge on any atom is 0.270 e. The molecule has 0 aromatic heterocycles. The number of hydrogen-bond donors (Lipinski definition) is 1. The minimum atomic E-state index is -0.534. The van der Waals surface area contributed by atoms with Crippen LogP contribution in [0.1, 0.15) is 11.1 Å². The van der Waals surface area contributed by atoms with Crippen LogP contribution in [0.25, 0.3) is 6.08 Å². The smallest absolute Gasteiger partial charge is 0.270 e. The number of ether oxygens (including phenoxy) is 2. The molecule has 2 amide bonds. The molecule has 0 saturated carbocycles. The summed E-state index contributed by atoms with van der Waals surface area (Å²) in [7, 11) is 1.59. The van der Waals surface area contributed by atoms with E-state index in [4.69, 9.17) is 21.7 Å². The van der Waals surface area contributed by atoms with E-state index in [1.807, 2.05) is 43.3 Å². The lowest BCUT2D eigenvalue weighted by Crippen LogP contribution is -2.54. The number of thiocarbonyl (C=S) groups is 1. The molecule has 3 aromatic carbocycles. The molecule has 0 atom stereocenters. The molecule has 1 N–H and O–H groups in total. The highest BCUT2D eigenvalue weighted by Crippen LogP contribution is 2.27. The summed E-state index contributed by atoms with van der Waals surface area (Å²) in [5, 5.41) is 2.62. The van der Waals surface area contributed by atoms with Crippen LogP contribution in [0.4, 0.5) is 5.69 Å². The number of carbonyl (C=O) groups excluding carboxylic acids is 2. The molecule has 0 aliphatic carbocycles. The Morgan fingerprint density at radius 2 is 1.62 bits per heavy atom. The Morgan fingerprint density at radius 3 is 2.28 bits per heavy atom. The van der Waals surface area contributed by atoms with E-state index in [1.54, 1.807) is 49.6 Å². The van der Waals surface area contributed by atoms with E-state index in [2.05, 4.69) is 5.32 Å². The fraction of sp³-hybridized carbons (Fsp3) is 0.0800. The predicted octanol–water partition coefficient (Wildman–Crippen LogP) is 4.63. The normalized spacial score (nSPS) is 15.0. The van der Waals surface area contributed by atoms with Gasteiger partial charge in [0.25, 0.3) is 11.8 Å². The number of anilines is 1. The molecule has 0 radical (unpaired) electrons. The van der Waals surface area contributed by atoms with Crippen molar-refractivity contribution in [2.45, 2.75) is 6.92 Å². The minimum absolute atomic E-state index is 0.00669. The van der Waals surface area contributed by atoms with Crippen molar-refractivity contribution in [1.29, 1.82) is 0 Å². The zero-order chi connectivity index (χ0) is 22.7. The van der Waals surface area contributed by atoms with Crippen molar-refractivity contribution in [3.05, 3.63) is 89.5 Å². The maximum atomic E-state index is 13.2. The molecule has 1 aliphatic heterocycles. The van der Waals surface area contributed by atoms with E-state index >= 15 is 0 Å². The van der Waals surface area contributed by atoms with Crippen molar-refractivity contribution in [2.75, 3.05) is 12.0 Å². The monoisotopic (exact) mass is 444 g/mol. The number of rotatable bonds is 5. The van der Waals surface area contributed by atoms with Crippen molar-refractivity contribution in [3.63, 3.8) is 0 Å². The molecule has 160 valence electrons. The molecule has 0 unspecified atom stereocenters. The molecule has 1 heterocycles. The quantitative estimate of drug-likeness (QED) is 0.353. The van der Waals surface area contributed by atoms with Crippen LogP contribution in [0, 0.1) is 6.92 Å². The molecule has 1 aliphatic rings. The van der Waals surface area contributed by atoms with E-state index < -0.39 is 11.8 Å². The van der Waals surface area contributed by atoms with E-state index in [0.29, 0.717) is 22.7 Å². The summed E-state index contributed by atoms with van der Waals surface area (Å²) in [5.74, 6) is 1.02. The van der Waals surface area contributed by atoms with Crippen molar-refractivity contribution in [2.24, 2.45) is 0 Å². The van der Waals surface area contributed by atoms with Crippen LogP contribution in [0.5, 0.6) is 17.2 Å². The molecule has 0 bridgehead atoms. The lowest BCUT2D eigenvalue weighted by atomic mass is 10.0. The van der Waals surface area contributed by atoms with Gasteiger partial charge in [0.2, 0.25) is 0 Å². The SMILES string of the molecule is COc1ccc(C=C2C(=O)NC(=S)N(c3ccc(Oc4ccccc4)cc3)C2=O)cc1C. The number of amides is 2. The highest BCUT2D eigenvalue weighted by Gasteiger charge is 2.34. The third kappa shape index (κ3) is 4.38. The van der Waals surface area contributed by atoms with Crippen LogP contribution in [0.2, 0.25) is 0 Å². The first-order valence-corrected chi connectivity index (χ1v) is 10.3. The van der Waals surface area contributed by atoms with Crippen LogP contribution in [-0.2, 0) is 9.59 Å². The molecule has 0 spiro atoms. The third-order valence-corrected chi connectivity index (χ3v) is 5.19. The Morgan fingerprint density at radius 1 is 0.938 bits per heavy atom. The Balaban J connectivity index is 1.60. The van der Waals surface area contributed by atoms with Crippen LogP contribution < -0.4 is 19.7 Å². The first-order valence-electron chi connectivity index (χ1n) is 9.85. The average Bonchev–Trinajstić information content (AvgIpc) is 2.78. The topological polar surface area (TPSA) is 67.9 Å². The molecule has 4 rings (SSSR count). The highest BCUT2D eigenvalue weighted by atomic mass is 32.1. The van der Waals surface area contributed by atoms with Crippen LogP contribution in [-0.4, -0.2) is 24.0 Å². The van der Waals surface area contributed by atoms with Gasteiger partial charge in [-0.1, -0.05) is 24.3 Å².